The van der Waals surface area contributed by atoms with Crippen LogP contribution in [0.25, 0.3) is 0 Å². The molecule has 1 aliphatic rings. The third kappa shape index (κ3) is 2.77. The first-order valence-electron chi connectivity index (χ1n) is 6.53. The molecule has 0 saturated carbocycles. The fourth-order valence-corrected chi connectivity index (χ4v) is 2.25. The molecule has 1 atom stereocenters. The van der Waals surface area contributed by atoms with Gasteiger partial charge in [0.25, 0.3) is 0 Å². The van der Waals surface area contributed by atoms with Crippen LogP contribution in [0.4, 0.5) is 0 Å². The number of hydrogen-bond acceptors (Lipinski definition) is 2. The molecule has 2 heterocycles. The molecule has 0 aliphatic carbocycles. The summed E-state index contributed by atoms with van der Waals surface area (Å²) in [6.07, 6.45) is 4.09. The van der Waals surface area contributed by atoms with Crippen LogP contribution in [-0.2, 0) is 12.8 Å². The van der Waals surface area contributed by atoms with Crippen LogP contribution in [0.3, 0.4) is 0 Å². The Morgan fingerprint density at radius 3 is 2.72 bits per heavy atom. The molecule has 1 aromatic carbocycles. The topological polar surface area (TPSA) is 34.8 Å². The van der Waals surface area contributed by atoms with E-state index in [0.29, 0.717) is 6.04 Å². The van der Waals surface area contributed by atoms with E-state index < -0.39 is 0 Å². The van der Waals surface area contributed by atoms with Crippen molar-refractivity contribution in [2.45, 2.75) is 25.8 Å². The lowest BCUT2D eigenvalue weighted by molar-refractivity contribution is 0.902. The Morgan fingerprint density at radius 1 is 1.28 bits per heavy atom. The minimum atomic E-state index is 0.686. The van der Waals surface area contributed by atoms with Crippen LogP contribution >= 0.6 is 0 Å². The van der Waals surface area contributed by atoms with Gasteiger partial charge in [-0.2, -0.15) is 0 Å². The lowest BCUT2D eigenvalue weighted by atomic mass is 10.0. The van der Waals surface area contributed by atoms with Gasteiger partial charge in [-0.1, -0.05) is 30.3 Å². The second kappa shape index (κ2) is 4.91. The summed E-state index contributed by atoms with van der Waals surface area (Å²) in [6.45, 7) is 3.35. The van der Waals surface area contributed by atoms with Gasteiger partial charge in [0, 0.05) is 30.9 Å². The fourth-order valence-electron chi connectivity index (χ4n) is 2.25. The molecule has 2 aromatic rings. The third-order valence-electron chi connectivity index (χ3n) is 3.46. The van der Waals surface area contributed by atoms with Crippen molar-refractivity contribution in [3.05, 3.63) is 65.0 Å². The van der Waals surface area contributed by atoms with Crippen molar-refractivity contribution in [1.29, 1.82) is 0 Å². The number of aryl methyl sites for hydroxylation is 1. The van der Waals surface area contributed by atoms with Crippen LogP contribution < -0.4 is 5.32 Å². The van der Waals surface area contributed by atoms with Crippen LogP contribution in [-0.4, -0.2) is 17.6 Å². The van der Waals surface area contributed by atoms with Gasteiger partial charge in [0.2, 0.25) is 0 Å². The van der Waals surface area contributed by atoms with E-state index in [4.69, 9.17) is 0 Å². The molecule has 1 aliphatic heterocycles. The summed E-state index contributed by atoms with van der Waals surface area (Å²) in [5, 5.41) is 3.34. The summed E-state index contributed by atoms with van der Waals surface area (Å²) < 4.78 is 0. The highest BCUT2D eigenvalue weighted by molar-refractivity contribution is 5.30. The fraction of sp³-hybridized carbons (Fsp3) is 0.312. The number of nitrogens with zero attached hydrogens (tertiary/aromatic N) is 1. The van der Waals surface area contributed by atoms with Gasteiger partial charge in [-0.3, -0.25) is 4.98 Å². The Kier molecular flexibility index (Phi) is 3.11. The number of aromatic nitrogens is 1. The summed E-state index contributed by atoms with van der Waals surface area (Å²) in [7, 11) is 0. The zero-order valence-electron chi connectivity index (χ0n) is 10.7. The molecule has 92 valence electrons. The van der Waals surface area contributed by atoms with Crippen LogP contribution in [0, 0.1) is 6.92 Å². The van der Waals surface area contributed by atoms with E-state index in [-0.39, 0.29) is 0 Å². The van der Waals surface area contributed by atoms with E-state index in [9.17, 15) is 0 Å². The first-order valence-corrected chi connectivity index (χ1v) is 6.53. The zero-order valence-corrected chi connectivity index (χ0v) is 10.7. The molecule has 0 radical (unpaired) electrons. The van der Waals surface area contributed by atoms with E-state index in [0.717, 1.165) is 25.1 Å². The van der Waals surface area contributed by atoms with Crippen molar-refractivity contribution < 1.29 is 0 Å². The molecule has 1 fully saturated rings. The van der Waals surface area contributed by atoms with Crippen molar-refractivity contribution in [2.24, 2.45) is 0 Å². The average Bonchev–Trinajstić information content (AvgIpc) is 3.18. The SMILES string of the molecule is Cc1cc(Cc2ccccc2)ncc1CC1CN1. The van der Waals surface area contributed by atoms with E-state index in [2.05, 4.69) is 47.6 Å². The number of hydrogen-bond donors (Lipinski definition) is 1. The van der Waals surface area contributed by atoms with Gasteiger partial charge < -0.3 is 5.32 Å². The van der Waals surface area contributed by atoms with Crippen molar-refractivity contribution in [3.63, 3.8) is 0 Å². The van der Waals surface area contributed by atoms with Gasteiger partial charge in [0.1, 0.15) is 0 Å². The molecular formula is C16H18N2. The highest BCUT2D eigenvalue weighted by atomic mass is 15.1. The van der Waals surface area contributed by atoms with Gasteiger partial charge in [0.15, 0.2) is 0 Å². The first kappa shape index (κ1) is 11.4. The maximum absolute atomic E-state index is 4.59. The Bertz CT molecular complexity index is 530. The number of nitrogens with one attached hydrogen (secondary N) is 1. The van der Waals surface area contributed by atoms with E-state index in [1.165, 1.54) is 16.7 Å². The molecule has 18 heavy (non-hydrogen) atoms. The molecule has 2 nitrogen and oxygen atoms in total. The predicted octanol–water partition coefficient (Wildman–Crippen LogP) is 2.50. The monoisotopic (exact) mass is 238 g/mol. The normalized spacial score (nSPS) is 17.7. The van der Waals surface area contributed by atoms with Crippen molar-refractivity contribution in [1.82, 2.24) is 10.3 Å². The van der Waals surface area contributed by atoms with Gasteiger partial charge in [0.05, 0.1) is 0 Å². The molecule has 1 N–H and O–H groups in total. The quantitative estimate of drug-likeness (QED) is 0.831. The molecule has 1 aromatic heterocycles. The minimum absolute atomic E-state index is 0.686. The summed E-state index contributed by atoms with van der Waals surface area (Å²) in [5.41, 5.74) is 5.22. The molecule has 0 amide bonds. The first-order chi connectivity index (χ1) is 8.81. The molecule has 1 saturated heterocycles. The smallest absolute Gasteiger partial charge is 0.0450 e. The van der Waals surface area contributed by atoms with Crippen molar-refractivity contribution in [2.75, 3.05) is 6.54 Å². The molecule has 2 heteroatoms. The van der Waals surface area contributed by atoms with E-state index in [1.54, 1.807) is 0 Å². The van der Waals surface area contributed by atoms with Gasteiger partial charge in [-0.25, -0.2) is 0 Å². The molecule has 3 rings (SSSR count). The van der Waals surface area contributed by atoms with Crippen molar-refractivity contribution in [3.8, 4) is 0 Å². The van der Waals surface area contributed by atoms with Crippen molar-refractivity contribution >= 4 is 0 Å². The van der Waals surface area contributed by atoms with Crippen LogP contribution in [0.15, 0.2) is 42.6 Å². The Labute approximate surface area is 108 Å². The van der Waals surface area contributed by atoms with Crippen LogP contribution in [0.1, 0.15) is 22.4 Å². The second-order valence-electron chi connectivity index (χ2n) is 5.07. The standard InChI is InChI=1S/C16H18N2/c1-12-7-15(8-13-5-3-2-4-6-13)17-10-14(12)9-16-11-18-16/h2-7,10,16,18H,8-9,11H2,1H3. The van der Waals surface area contributed by atoms with E-state index >= 15 is 0 Å². The minimum Gasteiger partial charge on any atom is -0.311 e. The summed E-state index contributed by atoms with van der Waals surface area (Å²) in [5.74, 6) is 0. The Hall–Kier alpha value is -1.67. The van der Waals surface area contributed by atoms with Crippen LogP contribution in [0.2, 0.25) is 0 Å². The lowest BCUT2D eigenvalue weighted by Gasteiger charge is -2.07. The molecule has 1 unspecified atom stereocenters. The Balaban J connectivity index is 1.75. The summed E-state index contributed by atoms with van der Waals surface area (Å²) in [4.78, 5) is 4.59. The van der Waals surface area contributed by atoms with E-state index in [1.807, 2.05) is 12.3 Å². The summed E-state index contributed by atoms with van der Waals surface area (Å²) in [6, 6.07) is 13.4. The van der Waals surface area contributed by atoms with Gasteiger partial charge >= 0.3 is 0 Å². The zero-order chi connectivity index (χ0) is 12.4. The lowest BCUT2D eigenvalue weighted by Crippen LogP contribution is -2.02. The number of benzene rings is 1. The maximum Gasteiger partial charge on any atom is 0.0450 e. The van der Waals surface area contributed by atoms with Gasteiger partial charge in [-0.05, 0) is 36.1 Å². The Morgan fingerprint density at radius 2 is 2.06 bits per heavy atom. The predicted molar refractivity (Wildman–Crippen MR) is 73.7 cm³/mol. The largest absolute Gasteiger partial charge is 0.311 e. The number of rotatable bonds is 4. The highest BCUT2D eigenvalue weighted by Crippen LogP contribution is 2.15. The van der Waals surface area contributed by atoms with Crippen LogP contribution in [0.5, 0.6) is 0 Å². The highest BCUT2D eigenvalue weighted by Gasteiger charge is 2.20. The van der Waals surface area contributed by atoms with Gasteiger partial charge in [-0.15, -0.1) is 0 Å². The molecule has 0 spiro atoms. The molecule has 0 bridgehead atoms. The number of pyridine rings is 1. The molecular weight excluding hydrogens is 220 g/mol. The summed E-state index contributed by atoms with van der Waals surface area (Å²) >= 11 is 0. The third-order valence-corrected chi connectivity index (χ3v) is 3.46. The second-order valence-corrected chi connectivity index (χ2v) is 5.07. The average molecular weight is 238 g/mol. The maximum atomic E-state index is 4.59.